The van der Waals surface area contributed by atoms with Crippen LogP contribution in [0.25, 0.3) is 0 Å². The molecular formula is C17H21N3O5. The SMILES string of the molecule is CN1C[C@H](CNC(=O)N(Cc2ccco2)Cc2ccco2)OCC1=O. The molecule has 0 aliphatic carbocycles. The summed E-state index contributed by atoms with van der Waals surface area (Å²) in [6, 6.07) is 6.93. The van der Waals surface area contributed by atoms with Crippen LogP contribution in [0.1, 0.15) is 11.5 Å². The minimum Gasteiger partial charge on any atom is -0.467 e. The van der Waals surface area contributed by atoms with Crippen molar-refractivity contribution >= 4 is 11.9 Å². The lowest BCUT2D eigenvalue weighted by Crippen LogP contribution is -2.50. The van der Waals surface area contributed by atoms with Crippen molar-refractivity contribution in [1.29, 1.82) is 0 Å². The van der Waals surface area contributed by atoms with E-state index in [0.717, 1.165) is 0 Å². The third-order valence-electron chi connectivity index (χ3n) is 3.97. The van der Waals surface area contributed by atoms with E-state index in [2.05, 4.69) is 5.32 Å². The van der Waals surface area contributed by atoms with E-state index in [4.69, 9.17) is 13.6 Å². The lowest BCUT2D eigenvalue weighted by molar-refractivity contribution is -0.146. The third kappa shape index (κ3) is 4.63. The van der Waals surface area contributed by atoms with E-state index < -0.39 is 0 Å². The van der Waals surface area contributed by atoms with Gasteiger partial charge in [0.2, 0.25) is 5.91 Å². The lowest BCUT2D eigenvalue weighted by atomic mass is 10.3. The first-order chi connectivity index (χ1) is 12.1. The van der Waals surface area contributed by atoms with Gasteiger partial charge in [-0.25, -0.2) is 4.79 Å². The molecule has 0 unspecified atom stereocenters. The van der Waals surface area contributed by atoms with E-state index in [-0.39, 0.29) is 24.6 Å². The number of morpholine rings is 1. The highest BCUT2D eigenvalue weighted by molar-refractivity contribution is 5.78. The van der Waals surface area contributed by atoms with Gasteiger partial charge in [0, 0.05) is 20.1 Å². The zero-order valence-electron chi connectivity index (χ0n) is 14.0. The maximum absolute atomic E-state index is 12.6. The average Bonchev–Trinajstić information content (AvgIpc) is 3.29. The fourth-order valence-electron chi connectivity index (χ4n) is 2.58. The van der Waals surface area contributed by atoms with E-state index in [1.54, 1.807) is 41.5 Å². The van der Waals surface area contributed by atoms with Crippen LogP contribution in [0.4, 0.5) is 4.79 Å². The molecule has 1 atom stereocenters. The molecule has 1 saturated heterocycles. The molecule has 0 spiro atoms. The molecule has 1 fully saturated rings. The van der Waals surface area contributed by atoms with Gasteiger partial charge in [-0.2, -0.15) is 0 Å². The van der Waals surface area contributed by atoms with Gasteiger partial charge in [0.25, 0.3) is 0 Å². The number of hydrogen-bond acceptors (Lipinski definition) is 5. The molecule has 0 aromatic carbocycles. The zero-order valence-corrected chi connectivity index (χ0v) is 14.0. The molecular weight excluding hydrogens is 326 g/mol. The zero-order chi connectivity index (χ0) is 17.6. The van der Waals surface area contributed by atoms with Gasteiger partial charge in [0.05, 0.1) is 31.7 Å². The lowest BCUT2D eigenvalue weighted by Gasteiger charge is -2.30. The summed E-state index contributed by atoms with van der Waals surface area (Å²) >= 11 is 0. The van der Waals surface area contributed by atoms with E-state index in [1.807, 2.05) is 12.1 Å². The van der Waals surface area contributed by atoms with Crippen LogP contribution in [0.2, 0.25) is 0 Å². The minimum atomic E-state index is -0.254. The Kier molecular flexibility index (Phi) is 5.39. The number of ether oxygens (including phenoxy) is 1. The number of carbonyl (C=O) groups is 2. The molecule has 3 rings (SSSR count). The van der Waals surface area contributed by atoms with Gasteiger partial charge in [-0.05, 0) is 24.3 Å². The van der Waals surface area contributed by atoms with Gasteiger partial charge in [-0.15, -0.1) is 0 Å². The van der Waals surface area contributed by atoms with E-state index >= 15 is 0 Å². The predicted molar refractivity (Wildman–Crippen MR) is 87.4 cm³/mol. The second-order valence-electron chi connectivity index (χ2n) is 5.91. The Hall–Kier alpha value is -2.74. The number of nitrogens with zero attached hydrogens (tertiary/aromatic N) is 2. The molecule has 0 saturated carbocycles. The number of hydrogen-bond donors (Lipinski definition) is 1. The van der Waals surface area contributed by atoms with Crippen LogP contribution < -0.4 is 5.32 Å². The van der Waals surface area contributed by atoms with Gasteiger partial charge >= 0.3 is 6.03 Å². The first-order valence-corrected chi connectivity index (χ1v) is 8.05. The minimum absolute atomic E-state index is 0.0412. The van der Waals surface area contributed by atoms with E-state index in [0.29, 0.717) is 37.7 Å². The molecule has 2 aromatic heterocycles. The summed E-state index contributed by atoms with van der Waals surface area (Å²) in [5.41, 5.74) is 0. The maximum atomic E-state index is 12.6. The number of urea groups is 1. The number of rotatable bonds is 6. The number of nitrogens with one attached hydrogen (secondary N) is 1. The van der Waals surface area contributed by atoms with Gasteiger partial charge in [-0.3, -0.25) is 4.79 Å². The van der Waals surface area contributed by atoms with Crippen molar-refractivity contribution in [3.63, 3.8) is 0 Å². The van der Waals surface area contributed by atoms with Crippen LogP contribution in [0, 0.1) is 0 Å². The molecule has 1 aliphatic heterocycles. The topological polar surface area (TPSA) is 88.2 Å². The van der Waals surface area contributed by atoms with Gasteiger partial charge in [0.15, 0.2) is 0 Å². The van der Waals surface area contributed by atoms with E-state index in [1.165, 1.54) is 0 Å². The van der Waals surface area contributed by atoms with Crippen LogP contribution in [0.3, 0.4) is 0 Å². The highest BCUT2D eigenvalue weighted by Crippen LogP contribution is 2.12. The molecule has 8 heteroatoms. The summed E-state index contributed by atoms with van der Waals surface area (Å²) in [6.45, 7) is 1.46. The Morgan fingerprint density at radius 2 is 1.88 bits per heavy atom. The van der Waals surface area contributed by atoms with Crippen LogP contribution in [0.5, 0.6) is 0 Å². The smallest absolute Gasteiger partial charge is 0.318 e. The molecule has 3 heterocycles. The standard InChI is InChI=1S/C17H21N3O5/c1-19-9-15(25-12-16(19)21)8-18-17(22)20(10-13-4-2-6-23-13)11-14-5-3-7-24-14/h2-7,15H,8-12H2,1H3,(H,18,22)/t15-/m0/s1. The van der Waals surface area contributed by atoms with Crippen LogP contribution >= 0.6 is 0 Å². The predicted octanol–water partition coefficient (Wildman–Crippen LogP) is 1.44. The molecule has 3 amide bonds. The molecule has 134 valence electrons. The Bertz CT molecular complexity index is 647. The Morgan fingerprint density at radius 3 is 2.40 bits per heavy atom. The third-order valence-corrected chi connectivity index (χ3v) is 3.97. The van der Waals surface area contributed by atoms with Crippen molar-refractivity contribution in [3.05, 3.63) is 48.3 Å². The van der Waals surface area contributed by atoms with Crippen LogP contribution in [0.15, 0.2) is 45.6 Å². The molecule has 25 heavy (non-hydrogen) atoms. The number of amides is 3. The molecule has 2 aromatic rings. The fraction of sp³-hybridized carbons (Fsp3) is 0.412. The van der Waals surface area contributed by atoms with Crippen molar-refractivity contribution in [2.24, 2.45) is 0 Å². The average molecular weight is 347 g/mol. The molecule has 1 aliphatic rings. The van der Waals surface area contributed by atoms with Gasteiger partial charge in [0.1, 0.15) is 18.1 Å². The number of furan rings is 2. The summed E-state index contributed by atoms with van der Waals surface area (Å²) in [5.74, 6) is 1.31. The number of likely N-dealkylation sites (N-methyl/N-ethyl adjacent to an activating group) is 1. The van der Waals surface area contributed by atoms with Gasteiger partial charge in [-0.1, -0.05) is 0 Å². The van der Waals surface area contributed by atoms with E-state index in [9.17, 15) is 9.59 Å². The highest BCUT2D eigenvalue weighted by atomic mass is 16.5. The van der Waals surface area contributed by atoms with Crippen molar-refractivity contribution in [2.75, 3.05) is 26.7 Å². The fourth-order valence-corrected chi connectivity index (χ4v) is 2.58. The summed E-state index contributed by atoms with van der Waals surface area (Å²) in [6.07, 6.45) is 2.92. The largest absolute Gasteiger partial charge is 0.467 e. The monoisotopic (exact) mass is 347 g/mol. The Balaban J connectivity index is 1.57. The first-order valence-electron chi connectivity index (χ1n) is 8.05. The quantitative estimate of drug-likeness (QED) is 0.854. The Labute approximate surface area is 145 Å². The second-order valence-corrected chi connectivity index (χ2v) is 5.91. The summed E-state index contributed by atoms with van der Waals surface area (Å²) in [7, 11) is 1.72. The van der Waals surface area contributed by atoms with Crippen molar-refractivity contribution in [1.82, 2.24) is 15.1 Å². The van der Waals surface area contributed by atoms with Crippen LogP contribution in [-0.2, 0) is 22.6 Å². The van der Waals surface area contributed by atoms with Crippen molar-refractivity contribution < 1.29 is 23.2 Å². The van der Waals surface area contributed by atoms with Crippen LogP contribution in [-0.4, -0.2) is 54.6 Å². The molecule has 0 radical (unpaired) electrons. The maximum Gasteiger partial charge on any atom is 0.318 e. The highest BCUT2D eigenvalue weighted by Gasteiger charge is 2.25. The normalized spacial score (nSPS) is 17.6. The first kappa shape index (κ1) is 17.1. The molecule has 1 N–H and O–H groups in total. The Morgan fingerprint density at radius 1 is 1.24 bits per heavy atom. The number of carbonyl (C=O) groups excluding carboxylic acids is 2. The summed E-state index contributed by atoms with van der Waals surface area (Å²) < 4.78 is 16.1. The molecule has 8 nitrogen and oxygen atoms in total. The van der Waals surface area contributed by atoms with Crippen molar-refractivity contribution in [2.45, 2.75) is 19.2 Å². The van der Waals surface area contributed by atoms with Crippen molar-refractivity contribution in [3.8, 4) is 0 Å². The van der Waals surface area contributed by atoms with Gasteiger partial charge < -0.3 is 28.7 Å². The summed E-state index contributed by atoms with van der Waals surface area (Å²) in [4.78, 5) is 27.2. The molecule has 0 bridgehead atoms. The second kappa shape index (κ2) is 7.89. The summed E-state index contributed by atoms with van der Waals surface area (Å²) in [5, 5.41) is 2.85.